The number of rotatable bonds is 10. The summed E-state index contributed by atoms with van der Waals surface area (Å²) in [6, 6.07) is 1.37. The van der Waals surface area contributed by atoms with Gasteiger partial charge in [0.25, 0.3) is 0 Å². The first-order chi connectivity index (χ1) is 12.1. The Labute approximate surface area is 166 Å². The van der Waals surface area contributed by atoms with Gasteiger partial charge in [0, 0.05) is 18.6 Å². The van der Waals surface area contributed by atoms with Crippen molar-refractivity contribution in [3.63, 3.8) is 0 Å². The van der Waals surface area contributed by atoms with Crippen LogP contribution in [0.1, 0.15) is 81.1 Å². The molecule has 158 valence electrons. The van der Waals surface area contributed by atoms with E-state index in [1.54, 1.807) is 0 Å². The highest BCUT2D eigenvalue weighted by molar-refractivity contribution is 4.78. The molecule has 3 heteroatoms. The van der Waals surface area contributed by atoms with E-state index >= 15 is 0 Å². The van der Waals surface area contributed by atoms with Gasteiger partial charge >= 0.3 is 0 Å². The lowest BCUT2D eigenvalue weighted by molar-refractivity contribution is 0.122. The summed E-state index contributed by atoms with van der Waals surface area (Å²) < 4.78 is 0. The van der Waals surface area contributed by atoms with Gasteiger partial charge in [-0.1, -0.05) is 27.7 Å². The van der Waals surface area contributed by atoms with Gasteiger partial charge in [0.15, 0.2) is 0 Å². The monoisotopic (exact) mass is 369 g/mol. The van der Waals surface area contributed by atoms with Crippen LogP contribution in [-0.4, -0.2) is 73.6 Å². The van der Waals surface area contributed by atoms with Crippen molar-refractivity contribution < 1.29 is 0 Å². The van der Waals surface area contributed by atoms with E-state index in [0.717, 1.165) is 5.92 Å². The van der Waals surface area contributed by atoms with Gasteiger partial charge in [0.1, 0.15) is 0 Å². The third kappa shape index (κ3) is 10.9. The van der Waals surface area contributed by atoms with Crippen LogP contribution >= 0.6 is 0 Å². The lowest BCUT2D eigenvalue weighted by Crippen LogP contribution is -2.41. The van der Waals surface area contributed by atoms with Gasteiger partial charge in [0.2, 0.25) is 0 Å². The van der Waals surface area contributed by atoms with E-state index in [4.69, 9.17) is 0 Å². The molecule has 1 fully saturated rings. The molecule has 0 unspecified atom stereocenters. The number of hydrogen-bond donors (Lipinski definition) is 0. The third-order valence-corrected chi connectivity index (χ3v) is 6.14. The second kappa shape index (κ2) is 13.1. The first-order valence-electron chi connectivity index (χ1n) is 11.2. The highest BCUT2D eigenvalue weighted by atomic mass is 15.2. The fourth-order valence-corrected chi connectivity index (χ4v) is 3.54. The van der Waals surface area contributed by atoms with E-state index in [2.05, 4.69) is 70.3 Å². The Morgan fingerprint density at radius 3 is 1.88 bits per heavy atom. The van der Waals surface area contributed by atoms with Crippen molar-refractivity contribution in [1.29, 1.82) is 0 Å². The van der Waals surface area contributed by atoms with Crippen molar-refractivity contribution in [2.75, 3.05) is 46.8 Å². The Hall–Kier alpha value is -0.120. The summed E-state index contributed by atoms with van der Waals surface area (Å²) in [5, 5.41) is 0. The topological polar surface area (TPSA) is 9.72 Å². The maximum absolute atomic E-state index is 2.63. The molecule has 0 aromatic carbocycles. The highest BCUT2D eigenvalue weighted by Crippen LogP contribution is 2.26. The minimum absolute atomic E-state index is 0.443. The largest absolute Gasteiger partial charge is 0.306 e. The molecule has 0 aromatic heterocycles. The maximum Gasteiger partial charge on any atom is 0.00385 e. The van der Waals surface area contributed by atoms with E-state index < -0.39 is 0 Å². The summed E-state index contributed by atoms with van der Waals surface area (Å²) >= 11 is 0. The zero-order chi connectivity index (χ0) is 20.3. The van der Waals surface area contributed by atoms with Crippen LogP contribution in [0.2, 0.25) is 0 Å². The molecule has 1 aliphatic rings. The molecule has 3 nitrogen and oxygen atoms in total. The van der Waals surface area contributed by atoms with Gasteiger partial charge in [-0.05, 0) is 105 Å². The molecule has 26 heavy (non-hydrogen) atoms. The average Bonchev–Trinajstić information content (AvgIpc) is 2.60. The van der Waals surface area contributed by atoms with Gasteiger partial charge in [-0.2, -0.15) is 0 Å². The number of piperidine rings is 1. The quantitative estimate of drug-likeness (QED) is 0.523. The summed E-state index contributed by atoms with van der Waals surface area (Å²) in [6.45, 7) is 24.4. The van der Waals surface area contributed by atoms with Crippen LogP contribution in [0.3, 0.4) is 0 Å². The molecule has 0 N–H and O–H groups in total. The third-order valence-electron chi connectivity index (χ3n) is 6.14. The van der Waals surface area contributed by atoms with Crippen LogP contribution in [0.4, 0.5) is 0 Å². The van der Waals surface area contributed by atoms with Crippen LogP contribution in [-0.2, 0) is 0 Å². The minimum Gasteiger partial charge on any atom is -0.306 e. The Kier molecular flexibility index (Phi) is 13.1. The normalized spacial score (nSPS) is 17.3. The summed E-state index contributed by atoms with van der Waals surface area (Å²) in [4.78, 5) is 7.68. The minimum atomic E-state index is 0.443. The molecule has 1 aliphatic heterocycles. The summed E-state index contributed by atoms with van der Waals surface area (Å²) in [7, 11) is 4.57. The second-order valence-electron chi connectivity index (χ2n) is 9.57. The standard InChI is InChI=1S/C21H45N3.C2H6/c1-18(2)23(8)16-12-21(5,6)11-15-22(7)17-20-9-13-24(14-10-20)19(3)4;1-2/h18-20H,9-17H2,1-8H3;1-2H3. The van der Waals surface area contributed by atoms with Gasteiger partial charge in [-0.15, -0.1) is 0 Å². The molecule has 0 spiro atoms. The Balaban J connectivity index is 0.00000301. The number of hydrogen-bond acceptors (Lipinski definition) is 3. The highest BCUT2D eigenvalue weighted by Gasteiger charge is 2.23. The van der Waals surface area contributed by atoms with Crippen LogP contribution in [0.25, 0.3) is 0 Å². The van der Waals surface area contributed by atoms with Crippen molar-refractivity contribution in [3.05, 3.63) is 0 Å². The smallest absolute Gasteiger partial charge is 0.00385 e. The molecule has 0 saturated carbocycles. The van der Waals surface area contributed by atoms with Gasteiger partial charge in [-0.3, -0.25) is 0 Å². The van der Waals surface area contributed by atoms with Crippen LogP contribution < -0.4 is 0 Å². The molecule has 0 amide bonds. The zero-order valence-electron chi connectivity index (χ0n) is 19.9. The first-order valence-corrected chi connectivity index (χ1v) is 11.2. The predicted molar refractivity (Wildman–Crippen MR) is 119 cm³/mol. The summed E-state index contributed by atoms with van der Waals surface area (Å²) in [5.74, 6) is 0.903. The average molecular weight is 370 g/mol. The number of likely N-dealkylation sites (tertiary alicyclic amines) is 1. The molecule has 1 saturated heterocycles. The zero-order valence-corrected chi connectivity index (χ0v) is 19.9. The molecular formula is C23H51N3. The Morgan fingerprint density at radius 2 is 1.42 bits per heavy atom. The molecule has 0 aromatic rings. The molecule has 0 atom stereocenters. The fraction of sp³-hybridized carbons (Fsp3) is 1.00. The molecule has 0 aliphatic carbocycles. The molecule has 0 bridgehead atoms. The Bertz CT molecular complexity index is 330. The van der Waals surface area contributed by atoms with E-state index in [1.165, 1.54) is 58.4 Å². The lowest BCUT2D eigenvalue weighted by Gasteiger charge is -2.36. The van der Waals surface area contributed by atoms with Gasteiger partial charge in [0.05, 0.1) is 0 Å². The van der Waals surface area contributed by atoms with Crippen molar-refractivity contribution in [3.8, 4) is 0 Å². The maximum atomic E-state index is 2.63. The molecular weight excluding hydrogens is 318 g/mol. The summed E-state index contributed by atoms with van der Waals surface area (Å²) in [6.07, 6.45) is 5.36. The van der Waals surface area contributed by atoms with Crippen molar-refractivity contribution in [1.82, 2.24) is 14.7 Å². The van der Waals surface area contributed by atoms with Crippen LogP contribution in [0, 0.1) is 11.3 Å². The lowest BCUT2D eigenvalue weighted by atomic mass is 9.85. The molecule has 1 rings (SSSR count). The van der Waals surface area contributed by atoms with Crippen LogP contribution in [0.15, 0.2) is 0 Å². The molecule has 1 heterocycles. The molecule has 0 radical (unpaired) electrons. The Morgan fingerprint density at radius 1 is 0.923 bits per heavy atom. The van der Waals surface area contributed by atoms with Gasteiger partial charge in [-0.25, -0.2) is 0 Å². The van der Waals surface area contributed by atoms with Gasteiger partial charge < -0.3 is 14.7 Å². The van der Waals surface area contributed by atoms with Crippen molar-refractivity contribution in [2.24, 2.45) is 11.3 Å². The van der Waals surface area contributed by atoms with E-state index in [1.807, 2.05) is 13.8 Å². The van der Waals surface area contributed by atoms with E-state index in [0.29, 0.717) is 17.5 Å². The van der Waals surface area contributed by atoms with E-state index in [-0.39, 0.29) is 0 Å². The van der Waals surface area contributed by atoms with Crippen molar-refractivity contribution in [2.45, 2.75) is 93.2 Å². The van der Waals surface area contributed by atoms with Crippen LogP contribution in [0.5, 0.6) is 0 Å². The second-order valence-corrected chi connectivity index (χ2v) is 9.57. The van der Waals surface area contributed by atoms with Crippen molar-refractivity contribution >= 4 is 0 Å². The first kappa shape index (κ1) is 25.9. The predicted octanol–water partition coefficient (Wildman–Crippen LogP) is 5.21. The summed E-state index contributed by atoms with van der Waals surface area (Å²) in [5.41, 5.74) is 0.443. The SMILES string of the molecule is CC.CC(C)N(C)CCC(C)(C)CCN(C)CC1CCN(C(C)C)CC1. The van der Waals surface area contributed by atoms with E-state index in [9.17, 15) is 0 Å². The number of nitrogens with zero attached hydrogens (tertiary/aromatic N) is 3. The fourth-order valence-electron chi connectivity index (χ4n) is 3.54.